The number of rotatable bonds is 3. The van der Waals surface area contributed by atoms with Gasteiger partial charge in [0.1, 0.15) is 11.3 Å². The van der Waals surface area contributed by atoms with Gasteiger partial charge in [0.05, 0.1) is 12.8 Å². The second-order valence-electron chi connectivity index (χ2n) is 6.10. The monoisotopic (exact) mass is 336 g/mol. The molecule has 1 aliphatic rings. The third-order valence-corrected chi connectivity index (χ3v) is 4.63. The fraction of sp³-hybridized carbons (Fsp3) is 0.250. The molecule has 128 valence electrons. The Morgan fingerprint density at radius 1 is 1.00 bits per heavy atom. The standard InChI is InChI=1S/C20H20N2O3/c1-24-18-9-5-3-7-16(18)21-10-12-22(13-11-21)20(23)19-14-15-6-2-4-8-17(15)25-19/h2-9,14H,10-13H2,1H3. The number of anilines is 1. The molecule has 2 aromatic carbocycles. The molecule has 1 fully saturated rings. The summed E-state index contributed by atoms with van der Waals surface area (Å²) in [4.78, 5) is 16.8. The summed E-state index contributed by atoms with van der Waals surface area (Å²) < 4.78 is 11.1. The first kappa shape index (κ1) is 15.6. The van der Waals surface area contributed by atoms with Crippen molar-refractivity contribution in [3.8, 4) is 5.75 Å². The smallest absolute Gasteiger partial charge is 0.289 e. The SMILES string of the molecule is COc1ccccc1N1CCN(C(=O)c2cc3ccccc3o2)CC1. The minimum absolute atomic E-state index is 0.0455. The largest absolute Gasteiger partial charge is 0.495 e. The number of hydrogen-bond donors (Lipinski definition) is 0. The van der Waals surface area contributed by atoms with Crippen molar-refractivity contribution in [2.24, 2.45) is 0 Å². The van der Waals surface area contributed by atoms with Gasteiger partial charge in [-0.2, -0.15) is 0 Å². The van der Waals surface area contributed by atoms with E-state index in [0.717, 1.165) is 35.5 Å². The van der Waals surface area contributed by atoms with Gasteiger partial charge in [0.15, 0.2) is 5.76 Å². The minimum Gasteiger partial charge on any atom is -0.495 e. The highest BCUT2D eigenvalue weighted by Gasteiger charge is 2.25. The first-order valence-corrected chi connectivity index (χ1v) is 8.42. The van der Waals surface area contributed by atoms with Crippen LogP contribution in [0.15, 0.2) is 59.0 Å². The average molecular weight is 336 g/mol. The molecule has 0 atom stereocenters. The molecule has 3 aromatic rings. The van der Waals surface area contributed by atoms with Gasteiger partial charge in [0.2, 0.25) is 0 Å². The van der Waals surface area contributed by atoms with Crippen molar-refractivity contribution in [3.63, 3.8) is 0 Å². The van der Waals surface area contributed by atoms with Gasteiger partial charge in [-0.25, -0.2) is 0 Å². The van der Waals surface area contributed by atoms with Crippen LogP contribution in [0.25, 0.3) is 11.0 Å². The van der Waals surface area contributed by atoms with E-state index in [2.05, 4.69) is 11.0 Å². The van der Waals surface area contributed by atoms with Gasteiger partial charge in [0.25, 0.3) is 5.91 Å². The zero-order chi connectivity index (χ0) is 17.2. The van der Waals surface area contributed by atoms with Gasteiger partial charge in [0, 0.05) is 31.6 Å². The third-order valence-electron chi connectivity index (χ3n) is 4.63. The molecule has 4 rings (SSSR count). The van der Waals surface area contributed by atoms with E-state index in [9.17, 15) is 4.79 Å². The molecular formula is C20H20N2O3. The molecule has 1 amide bonds. The van der Waals surface area contributed by atoms with E-state index in [1.807, 2.05) is 53.4 Å². The van der Waals surface area contributed by atoms with Crippen molar-refractivity contribution in [3.05, 3.63) is 60.4 Å². The fourth-order valence-corrected chi connectivity index (χ4v) is 3.28. The highest BCUT2D eigenvalue weighted by molar-refractivity contribution is 5.96. The molecule has 5 heteroatoms. The lowest BCUT2D eigenvalue weighted by molar-refractivity contribution is 0.0717. The van der Waals surface area contributed by atoms with E-state index in [0.29, 0.717) is 18.8 Å². The van der Waals surface area contributed by atoms with Crippen molar-refractivity contribution in [2.45, 2.75) is 0 Å². The summed E-state index contributed by atoms with van der Waals surface area (Å²) in [7, 11) is 1.68. The van der Waals surface area contributed by atoms with E-state index in [-0.39, 0.29) is 5.91 Å². The summed E-state index contributed by atoms with van der Waals surface area (Å²) >= 11 is 0. The number of carbonyl (C=O) groups excluding carboxylic acids is 1. The Morgan fingerprint density at radius 3 is 2.48 bits per heavy atom. The van der Waals surface area contributed by atoms with Crippen molar-refractivity contribution in [1.82, 2.24) is 4.90 Å². The number of amides is 1. The number of ether oxygens (including phenoxy) is 1. The Balaban J connectivity index is 1.47. The molecule has 0 aliphatic carbocycles. The van der Waals surface area contributed by atoms with Crippen LogP contribution < -0.4 is 9.64 Å². The summed E-state index contributed by atoms with van der Waals surface area (Å²) in [6, 6.07) is 17.5. The number of hydrogen-bond acceptors (Lipinski definition) is 4. The summed E-state index contributed by atoms with van der Waals surface area (Å²) in [6.45, 7) is 2.86. The van der Waals surface area contributed by atoms with E-state index >= 15 is 0 Å². The lowest BCUT2D eigenvalue weighted by Crippen LogP contribution is -2.48. The van der Waals surface area contributed by atoms with Crippen molar-refractivity contribution in [1.29, 1.82) is 0 Å². The number of fused-ring (bicyclic) bond motifs is 1. The van der Waals surface area contributed by atoms with Crippen LogP contribution in [0.1, 0.15) is 10.6 Å². The average Bonchev–Trinajstić information content (AvgIpc) is 3.12. The predicted molar refractivity (Wildman–Crippen MR) is 97.3 cm³/mol. The predicted octanol–water partition coefficient (Wildman–Crippen LogP) is 3.40. The van der Waals surface area contributed by atoms with E-state index in [1.54, 1.807) is 7.11 Å². The van der Waals surface area contributed by atoms with E-state index < -0.39 is 0 Å². The summed E-state index contributed by atoms with van der Waals surface area (Å²) in [5, 5.41) is 0.957. The van der Waals surface area contributed by atoms with E-state index in [1.165, 1.54) is 0 Å². The van der Waals surface area contributed by atoms with Crippen LogP contribution in [-0.4, -0.2) is 44.1 Å². The van der Waals surface area contributed by atoms with Crippen molar-refractivity contribution >= 4 is 22.6 Å². The Morgan fingerprint density at radius 2 is 1.72 bits per heavy atom. The molecule has 0 bridgehead atoms. The summed E-state index contributed by atoms with van der Waals surface area (Å²) in [5.74, 6) is 1.22. The molecule has 2 heterocycles. The second-order valence-corrected chi connectivity index (χ2v) is 6.10. The number of benzene rings is 2. The maximum Gasteiger partial charge on any atom is 0.289 e. The maximum atomic E-state index is 12.7. The number of carbonyl (C=O) groups is 1. The summed E-state index contributed by atoms with van der Waals surface area (Å²) in [6.07, 6.45) is 0. The lowest BCUT2D eigenvalue weighted by Gasteiger charge is -2.36. The highest BCUT2D eigenvalue weighted by Crippen LogP contribution is 2.28. The van der Waals surface area contributed by atoms with Gasteiger partial charge in [-0.05, 0) is 24.3 Å². The topological polar surface area (TPSA) is 45.9 Å². The van der Waals surface area contributed by atoms with Gasteiger partial charge in [-0.1, -0.05) is 30.3 Å². The third kappa shape index (κ3) is 2.93. The van der Waals surface area contributed by atoms with Crippen LogP contribution in [0.3, 0.4) is 0 Å². The fourth-order valence-electron chi connectivity index (χ4n) is 3.28. The Kier molecular flexibility index (Phi) is 4.06. The van der Waals surface area contributed by atoms with E-state index in [4.69, 9.17) is 9.15 Å². The molecule has 25 heavy (non-hydrogen) atoms. The molecule has 0 spiro atoms. The van der Waals surface area contributed by atoms with Gasteiger partial charge >= 0.3 is 0 Å². The zero-order valence-electron chi connectivity index (χ0n) is 14.1. The lowest BCUT2D eigenvalue weighted by atomic mass is 10.2. The molecule has 0 unspecified atom stereocenters. The first-order chi connectivity index (χ1) is 12.3. The first-order valence-electron chi connectivity index (χ1n) is 8.42. The number of methoxy groups -OCH3 is 1. The van der Waals surface area contributed by atoms with Crippen LogP contribution in [0, 0.1) is 0 Å². The van der Waals surface area contributed by atoms with Crippen molar-refractivity contribution in [2.75, 3.05) is 38.2 Å². The number of furan rings is 1. The molecule has 1 aliphatic heterocycles. The van der Waals surface area contributed by atoms with Crippen molar-refractivity contribution < 1.29 is 13.9 Å². The quantitative estimate of drug-likeness (QED) is 0.735. The number of para-hydroxylation sites is 3. The van der Waals surface area contributed by atoms with Crippen LogP contribution >= 0.6 is 0 Å². The molecule has 0 N–H and O–H groups in total. The second kappa shape index (κ2) is 6.51. The van der Waals surface area contributed by atoms with Gasteiger partial charge in [-0.3, -0.25) is 4.79 Å². The van der Waals surface area contributed by atoms with Crippen LogP contribution in [0.5, 0.6) is 5.75 Å². The van der Waals surface area contributed by atoms with Gasteiger partial charge in [-0.15, -0.1) is 0 Å². The number of piperazine rings is 1. The summed E-state index contributed by atoms with van der Waals surface area (Å²) in [5.41, 5.74) is 1.82. The maximum absolute atomic E-state index is 12.7. The number of nitrogens with zero attached hydrogens (tertiary/aromatic N) is 2. The molecule has 1 saturated heterocycles. The normalized spacial score (nSPS) is 14.8. The van der Waals surface area contributed by atoms with Crippen LogP contribution in [0.4, 0.5) is 5.69 Å². The molecule has 1 aromatic heterocycles. The Labute approximate surface area is 146 Å². The highest BCUT2D eigenvalue weighted by atomic mass is 16.5. The molecule has 0 saturated carbocycles. The van der Waals surface area contributed by atoms with Crippen LogP contribution in [0.2, 0.25) is 0 Å². The minimum atomic E-state index is -0.0455. The molecule has 0 radical (unpaired) electrons. The zero-order valence-corrected chi connectivity index (χ0v) is 14.1. The molecular weight excluding hydrogens is 316 g/mol. The van der Waals surface area contributed by atoms with Crippen LogP contribution in [-0.2, 0) is 0 Å². The molecule has 5 nitrogen and oxygen atoms in total. The van der Waals surface area contributed by atoms with Gasteiger partial charge < -0.3 is 19.0 Å². The Bertz CT molecular complexity index is 862. The Hall–Kier alpha value is -2.95.